The molecule has 7 nitrogen and oxygen atoms in total. The van der Waals surface area contributed by atoms with E-state index < -0.39 is 17.3 Å². The predicted molar refractivity (Wildman–Crippen MR) is 106 cm³/mol. The molecule has 0 bridgehead atoms. The Morgan fingerprint density at radius 2 is 2.04 bits per heavy atom. The molecule has 0 saturated heterocycles. The minimum Gasteiger partial charge on any atom is -0.470 e. The van der Waals surface area contributed by atoms with Gasteiger partial charge in [-0.25, -0.2) is 9.78 Å². The molecule has 7 heteroatoms. The lowest BCUT2D eigenvalue weighted by Gasteiger charge is -2.47. The highest BCUT2D eigenvalue weighted by molar-refractivity contribution is 5.92. The molecule has 0 aromatic carbocycles. The molecule has 1 amide bonds. The average Bonchev–Trinajstić information content (AvgIpc) is 2.49. The van der Waals surface area contributed by atoms with Crippen LogP contribution in [-0.2, 0) is 11.2 Å². The molecular formula is C21H31N3O4. The first-order valence-electron chi connectivity index (χ1n) is 9.75. The summed E-state index contributed by atoms with van der Waals surface area (Å²) in [7, 11) is 0. The summed E-state index contributed by atoms with van der Waals surface area (Å²) in [6.45, 7) is 12.1. The van der Waals surface area contributed by atoms with E-state index in [0.29, 0.717) is 30.9 Å². The van der Waals surface area contributed by atoms with Crippen LogP contribution in [0.1, 0.15) is 78.0 Å². The summed E-state index contributed by atoms with van der Waals surface area (Å²) >= 11 is 0. The monoisotopic (exact) mass is 389 g/mol. The summed E-state index contributed by atoms with van der Waals surface area (Å²) in [6.07, 6.45) is 3.89. The Kier molecular flexibility index (Phi) is 5.06. The number of nitrogens with one attached hydrogen (secondary N) is 1. The Hall–Kier alpha value is -2.31. The van der Waals surface area contributed by atoms with Crippen LogP contribution >= 0.6 is 0 Å². The topological polar surface area (TPSA) is 93.0 Å². The zero-order valence-electron chi connectivity index (χ0n) is 17.6. The summed E-state index contributed by atoms with van der Waals surface area (Å²) in [5.41, 5.74) is 1.73. The first-order chi connectivity index (χ1) is 12.9. The van der Waals surface area contributed by atoms with E-state index in [2.05, 4.69) is 42.3 Å². The highest BCUT2D eigenvalue weighted by Gasteiger charge is 2.50. The Labute approximate surface area is 166 Å². The molecule has 2 heterocycles. The number of amides is 1. The third-order valence-electron chi connectivity index (χ3n) is 4.82. The molecule has 1 aliphatic heterocycles. The number of carbonyl (C=O) groups is 1. The largest absolute Gasteiger partial charge is 0.470 e. The summed E-state index contributed by atoms with van der Waals surface area (Å²) in [5.74, 6) is 0.530. The number of hydrogen-bond acceptors (Lipinski definition) is 6. The molecule has 2 aliphatic rings. The van der Waals surface area contributed by atoms with Crippen LogP contribution in [0, 0.1) is 5.41 Å². The van der Waals surface area contributed by atoms with Gasteiger partial charge >= 0.3 is 6.09 Å². The third kappa shape index (κ3) is 4.75. The van der Waals surface area contributed by atoms with Crippen molar-refractivity contribution in [2.75, 3.05) is 0 Å². The van der Waals surface area contributed by atoms with Crippen LogP contribution in [-0.4, -0.2) is 33.2 Å². The number of hydrogen-bond donors (Lipinski definition) is 2. The van der Waals surface area contributed by atoms with Crippen LogP contribution < -0.4 is 10.1 Å². The number of rotatable bonds is 2. The van der Waals surface area contributed by atoms with Gasteiger partial charge in [-0.05, 0) is 44.2 Å². The van der Waals surface area contributed by atoms with Crippen molar-refractivity contribution >= 4 is 11.8 Å². The molecule has 0 unspecified atom stereocenters. The smallest absolute Gasteiger partial charge is 0.408 e. The van der Waals surface area contributed by atoms with Gasteiger partial charge in [0, 0.05) is 31.0 Å². The SMILES string of the molecule is CC(C)(C)Cc1cnc2c(c1)[C@@H](NC(=O)OC(C)(C)C)CC1(CC(=NO)C1)O2. The van der Waals surface area contributed by atoms with Crippen LogP contribution in [0.5, 0.6) is 5.88 Å². The Morgan fingerprint density at radius 3 is 2.61 bits per heavy atom. The zero-order valence-corrected chi connectivity index (χ0v) is 17.6. The number of alkyl carbamates (subject to hydrolysis) is 1. The molecule has 28 heavy (non-hydrogen) atoms. The highest BCUT2D eigenvalue weighted by atomic mass is 16.6. The van der Waals surface area contributed by atoms with E-state index in [-0.39, 0.29) is 11.5 Å². The van der Waals surface area contributed by atoms with Gasteiger partial charge in [0.25, 0.3) is 0 Å². The van der Waals surface area contributed by atoms with E-state index in [1.165, 1.54) is 0 Å². The van der Waals surface area contributed by atoms with Crippen molar-refractivity contribution < 1.29 is 19.5 Å². The standard InChI is InChI=1S/C21H31N3O4/c1-19(2,3)8-13-7-15-16(23-18(25)28-20(4,5)6)11-21(9-14(10-21)24-26)27-17(15)22-12-13/h7,12,16,26H,8-11H2,1-6H3,(H,23,25)/t16-,21?/m0/s1. The minimum atomic E-state index is -0.574. The highest BCUT2D eigenvalue weighted by Crippen LogP contribution is 2.47. The number of aromatic nitrogens is 1. The van der Waals surface area contributed by atoms with Crippen LogP contribution in [0.3, 0.4) is 0 Å². The molecule has 1 aromatic heterocycles. The average molecular weight is 389 g/mol. The third-order valence-corrected chi connectivity index (χ3v) is 4.82. The van der Waals surface area contributed by atoms with Crippen LogP contribution in [0.2, 0.25) is 0 Å². The maximum absolute atomic E-state index is 12.4. The van der Waals surface area contributed by atoms with Crippen molar-refractivity contribution in [2.24, 2.45) is 10.6 Å². The molecule has 0 radical (unpaired) electrons. The van der Waals surface area contributed by atoms with Crippen LogP contribution in [0.4, 0.5) is 4.79 Å². The normalized spacial score (nSPS) is 24.1. The van der Waals surface area contributed by atoms with Gasteiger partial charge in [-0.2, -0.15) is 0 Å². The van der Waals surface area contributed by atoms with Crippen molar-refractivity contribution in [3.8, 4) is 5.88 Å². The molecule has 1 saturated carbocycles. The first kappa shape index (κ1) is 20.4. The molecule has 1 atom stereocenters. The summed E-state index contributed by atoms with van der Waals surface area (Å²) in [4.78, 5) is 17.0. The fourth-order valence-corrected chi connectivity index (χ4v) is 3.85. The number of fused-ring (bicyclic) bond motifs is 1. The Bertz CT molecular complexity index is 782. The molecule has 3 rings (SSSR count). The number of oxime groups is 1. The molecule has 1 aromatic rings. The molecule has 2 N–H and O–H groups in total. The summed E-state index contributed by atoms with van der Waals surface area (Å²) < 4.78 is 11.6. The van der Waals surface area contributed by atoms with Gasteiger partial charge in [-0.15, -0.1) is 0 Å². The Morgan fingerprint density at radius 1 is 1.36 bits per heavy atom. The van der Waals surface area contributed by atoms with Gasteiger partial charge in [-0.1, -0.05) is 25.9 Å². The van der Waals surface area contributed by atoms with Crippen molar-refractivity contribution in [3.05, 3.63) is 23.4 Å². The molecule has 154 valence electrons. The fraction of sp³-hybridized carbons (Fsp3) is 0.667. The van der Waals surface area contributed by atoms with Crippen molar-refractivity contribution in [1.82, 2.24) is 10.3 Å². The van der Waals surface area contributed by atoms with Gasteiger partial charge < -0.3 is 20.0 Å². The molecule has 1 fully saturated rings. The second kappa shape index (κ2) is 6.94. The summed E-state index contributed by atoms with van der Waals surface area (Å²) in [5, 5.41) is 15.3. The van der Waals surface area contributed by atoms with Crippen LogP contribution in [0.15, 0.2) is 17.4 Å². The molecule has 1 spiro atoms. The van der Waals surface area contributed by atoms with E-state index >= 15 is 0 Å². The van der Waals surface area contributed by atoms with Gasteiger partial charge in [0.05, 0.1) is 11.8 Å². The maximum Gasteiger partial charge on any atom is 0.408 e. The quantitative estimate of drug-likeness (QED) is 0.578. The lowest BCUT2D eigenvalue weighted by molar-refractivity contribution is 0.00816. The predicted octanol–water partition coefficient (Wildman–Crippen LogP) is 4.38. The fourth-order valence-electron chi connectivity index (χ4n) is 3.85. The lowest BCUT2D eigenvalue weighted by atomic mass is 9.71. The molecule has 1 aliphatic carbocycles. The van der Waals surface area contributed by atoms with Gasteiger partial charge in [-0.3, -0.25) is 0 Å². The lowest BCUT2D eigenvalue weighted by Crippen LogP contribution is -2.54. The van der Waals surface area contributed by atoms with Crippen molar-refractivity contribution in [1.29, 1.82) is 0 Å². The van der Waals surface area contributed by atoms with E-state index in [4.69, 9.17) is 14.7 Å². The van der Waals surface area contributed by atoms with E-state index in [0.717, 1.165) is 17.5 Å². The van der Waals surface area contributed by atoms with Gasteiger partial charge in [0.1, 0.15) is 11.2 Å². The number of nitrogens with zero attached hydrogens (tertiary/aromatic N) is 2. The van der Waals surface area contributed by atoms with Crippen molar-refractivity contribution in [3.63, 3.8) is 0 Å². The van der Waals surface area contributed by atoms with E-state index in [9.17, 15) is 4.79 Å². The van der Waals surface area contributed by atoms with E-state index in [1.807, 2.05) is 27.0 Å². The van der Waals surface area contributed by atoms with Crippen molar-refractivity contribution in [2.45, 2.75) is 84.5 Å². The number of ether oxygens (including phenoxy) is 2. The van der Waals surface area contributed by atoms with Gasteiger partial charge in [0.2, 0.25) is 5.88 Å². The number of pyridine rings is 1. The maximum atomic E-state index is 12.4. The van der Waals surface area contributed by atoms with Gasteiger partial charge in [0.15, 0.2) is 0 Å². The molecular weight excluding hydrogens is 358 g/mol. The van der Waals surface area contributed by atoms with Crippen LogP contribution in [0.25, 0.3) is 0 Å². The number of carbonyl (C=O) groups excluding carboxylic acids is 1. The zero-order chi connectivity index (χ0) is 20.7. The first-order valence-corrected chi connectivity index (χ1v) is 9.75. The second-order valence-electron chi connectivity index (χ2n) is 10.2. The second-order valence-corrected chi connectivity index (χ2v) is 10.2. The Balaban J connectivity index is 1.88. The van der Waals surface area contributed by atoms with E-state index in [1.54, 1.807) is 0 Å². The minimum absolute atomic E-state index is 0.126. The summed E-state index contributed by atoms with van der Waals surface area (Å²) in [6, 6.07) is 1.80.